The molecule has 2 aromatic carbocycles. The van der Waals surface area contributed by atoms with Crippen LogP contribution in [0.4, 0.5) is 16.0 Å². The molecule has 1 saturated heterocycles. The average Bonchev–Trinajstić information content (AvgIpc) is 2.84. The van der Waals surface area contributed by atoms with E-state index in [1.165, 1.54) is 17.2 Å². The molecular weight excluding hydrogens is 405 g/mol. The van der Waals surface area contributed by atoms with Crippen molar-refractivity contribution in [3.8, 4) is 5.75 Å². The van der Waals surface area contributed by atoms with Crippen LogP contribution in [-0.2, 0) is 19.5 Å². The zero-order chi connectivity index (χ0) is 21.9. The van der Waals surface area contributed by atoms with E-state index in [9.17, 15) is 4.39 Å². The highest BCUT2D eigenvalue weighted by Crippen LogP contribution is 2.24. The molecular formula is C25H28FN5O. The van der Waals surface area contributed by atoms with Gasteiger partial charge in [-0.15, -0.1) is 0 Å². The molecule has 1 aromatic heterocycles. The third-order valence-electron chi connectivity index (χ3n) is 6.30. The lowest BCUT2D eigenvalue weighted by Crippen LogP contribution is -2.47. The largest absolute Gasteiger partial charge is 0.497 e. The Morgan fingerprint density at radius 3 is 2.59 bits per heavy atom. The number of piperazine rings is 1. The van der Waals surface area contributed by atoms with Gasteiger partial charge in [0, 0.05) is 64.0 Å². The van der Waals surface area contributed by atoms with Gasteiger partial charge in [-0.05, 0) is 29.8 Å². The number of benzene rings is 2. The summed E-state index contributed by atoms with van der Waals surface area (Å²) in [6.45, 7) is 5.81. The smallest absolute Gasteiger partial charge is 0.225 e. The summed E-state index contributed by atoms with van der Waals surface area (Å²) in [7, 11) is 1.70. The fourth-order valence-electron chi connectivity index (χ4n) is 4.54. The van der Waals surface area contributed by atoms with E-state index >= 15 is 0 Å². The number of hydrogen-bond acceptors (Lipinski definition) is 6. The van der Waals surface area contributed by atoms with Crippen molar-refractivity contribution in [2.24, 2.45) is 0 Å². The zero-order valence-electron chi connectivity index (χ0n) is 18.4. The second-order valence-corrected chi connectivity index (χ2v) is 8.38. The first-order valence-corrected chi connectivity index (χ1v) is 11.1. The first-order chi connectivity index (χ1) is 15.7. The molecule has 7 heteroatoms. The molecule has 2 aliphatic heterocycles. The Morgan fingerprint density at radius 1 is 0.969 bits per heavy atom. The minimum atomic E-state index is -0.163. The van der Waals surface area contributed by atoms with Gasteiger partial charge in [0.1, 0.15) is 11.6 Å². The molecule has 0 atom stereocenters. The topological polar surface area (TPSA) is 44.7 Å². The van der Waals surface area contributed by atoms with Crippen molar-refractivity contribution in [1.82, 2.24) is 14.9 Å². The molecule has 6 nitrogen and oxygen atoms in total. The second-order valence-electron chi connectivity index (χ2n) is 8.38. The van der Waals surface area contributed by atoms with Crippen molar-refractivity contribution in [2.45, 2.75) is 19.5 Å². The summed E-state index contributed by atoms with van der Waals surface area (Å²) in [4.78, 5) is 16.3. The highest BCUT2D eigenvalue weighted by atomic mass is 19.1. The van der Waals surface area contributed by atoms with Crippen LogP contribution in [0.15, 0.2) is 54.7 Å². The third kappa shape index (κ3) is 4.39. The summed E-state index contributed by atoms with van der Waals surface area (Å²) in [6, 6.07) is 15.2. The van der Waals surface area contributed by atoms with Gasteiger partial charge >= 0.3 is 0 Å². The third-order valence-corrected chi connectivity index (χ3v) is 6.30. The quantitative estimate of drug-likeness (QED) is 0.614. The molecule has 0 unspecified atom stereocenters. The van der Waals surface area contributed by atoms with E-state index in [4.69, 9.17) is 9.72 Å². The van der Waals surface area contributed by atoms with Crippen molar-refractivity contribution < 1.29 is 9.13 Å². The molecule has 0 radical (unpaired) electrons. The van der Waals surface area contributed by atoms with E-state index in [0.717, 1.165) is 69.6 Å². The van der Waals surface area contributed by atoms with Crippen LogP contribution in [0.2, 0.25) is 0 Å². The van der Waals surface area contributed by atoms with E-state index in [1.54, 1.807) is 13.2 Å². The van der Waals surface area contributed by atoms with Crippen LogP contribution in [0.25, 0.3) is 0 Å². The van der Waals surface area contributed by atoms with Crippen molar-refractivity contribution in [2.75, 3.05) is 49.6 Å². The van der Waals surface area contributed by atoms with Crippen molar-refractivity contribution in [3.05, 3.63) is 77.4 Å². The van der Waals surface area contributed by atoms with Gasteiger partial charge in [0.2, 0.25) is 5.95 Å². The van der Waals surface area contributed by atoms with Crippen LogP contribution in [0, 0.1) is 5.82 Å². The predicted molar refractivity (Wildman–Crippen MR) is 124 cm³/mol. The maximum Gasteiger partial charge on any atom is 0.225 e. The molecule has 0 saturated carbocycles. The number of rotatable bonds is 5. The van der Waals surface area contributed by atoms with Gasteiger partial charge in [-0.1, -0.05) is 24.3 Å². The van der Waals surface area contributed by atoms with E-state index in [2.05, 4.69) is 31.8 Å². The van der Waals surface area contributed by atoms with E-state index in [-0.39, 0.29) is 5.82 Å². The molecule has 1 fully saturated rings. The Balaban J connectivity index is 1.21. The lowest BCUT2D eigenvalue weighted by molar-refractivity contribution is 0.242. The molecule has 0 N–H and O–H groups in total. The number of fused-ring (bicyclic) bond motifs is 1. The highest BCUT2D eigenvalue weighted by Gasteiger charge is 2.23. The van der Waals surface area contributed by atoms with Crippen LogP contribution < -0.4 is 14.5 Å². The maximum atomic E-state index is 14.1. The molecule has 0 spiro atoms. The van der Waals surface area contributed by atoms with E-state index < -0.39 is 0 Å². The molecule has 3 heterocycles. The van der Waals surface area contributed by atoms with Crippen molar-refractivity contribution in [3.63, 3.8) is 0 Å². The van der Waals surface area contributed by atoms with Gasteiger partial charge in [0.15, 0.2) is 0 Å². The van der Waals surface area contributed by atoms with Crippen molar-refractivity contribution in [1.29, 1.82) is 0 Å². The minimum absolute atomic E-state index is 0.163. The summed E-state index contributed by atoms with van der Waals surface area (Å²) in [6.07, 6.45) is 2.91. The number of aromatic nitrogens is 2. The van der Waals surface area contributed by atoms with Crippen LogP contribution in [0.3, 0.4) is 0 Å². The summed E-state index contributed by atoms with van der Waals surface area (Å²) in [5, 5.41) is 0. The van der Waals surface area contributed by atoms with Crippen LogP contribution in [0.1, 0.15) is 16.8 Å². The summed E-state index contributed by atoms with van der Waals surface area (Å²) in [5.41, 5.74) is 4.27. The summed E-state index contributed by atoms with van der Waals surface area (Å²) < 4.78 is 19.4. The zero-order valence-corrected chi connectivity index (χ0v) is 18.4. The number of para-hydroxylation sites is 1. The Hall–Kier alpha value is -3.19. The SMILES string of the molecule is COc1cccc(CN2CCc3nc(N4CCN(c5ccccc5F)CC4)ncc3C2)c1. The fourth-order valence-corrected chi connectivity index (χ4v) is 4.54. The Morgan fingerprint density at radius 2 is 1.78 bits per heavy atom. The first-order valence-electron chi connectivity index (χ1n) is 11.1. The van der Waals surface area contributed by atoms with Crippen molar-refractivity contribution >= 4 is 11.6 Å². The lowest BCUT2D eigenvalue weighted by atomic mass is 10.1. The van der Waals surface area contributed by atoms with Crippen LogP contribution >= 0.6 is 0 Å². The molecule has 5 rings (SSSR count). The van der Waals surface area contributed by atoms with Crippen LogP contribution in [0.5, 0.6) is 5.75 Å². The molecule has 0 aliphatic carbocycles. The minimum Gasteiger partial charge on any atom is -0.497 e. The fraction of sp³-hybridized carbons (Fsp3) is 0.360. The van der Waals surface area contributed by atoms with Gasteiger partial charge in [0.25, 0.3) is 0 Å². The number of hydrogen-bond donors (Lipinski definition) is 0. The molecule has 32 heavy (non-hydrogen) atoms. The summed E-state index contributed by atoms with van der Waals surface area (Å²) >= 11 is 0. The number of nitrogens with zero attached hydrogens (tertiary/aromatic N) is 5. The highest BCUT2D eigenvalue weighted by molar-refractivity contribution is 5.49. The van der Waals surface area contributed by atoms with Gasteiger partial charge in [-0.25, -0.2) is 14.4 Å². The van der Waals surface area contributed by atoms with Gasteiger partial charge in [-0.3, -0.25) is 4.90 Å². The maximum absolute atomic E-state index is 14.1. The average molecular weight is 434 g/mol. The number of anilines is 2. The van der Waals surface area contributed by atoms with E-state index in [1.807, 2.05) is 30.5 Å². The Kier molecular flexibility index (Phi) is 5.90. The predicted octanol–water partition coefficient (Wildman–Crippen LogP) is 3.51. The second kappa shape index (κ2) is 9.12. The number of halogens is 1. The van der Waals surface area contributed by atoms with E-state index in [0.29, 0.717) is 5.69 Å². The normalized spacial score (nSPS) is 16.7. The molecule has 0 amide bonds. The van der Waals surface area contributed by atoms with Gasteiger partial charge < -0.3 is 14.5 Å². The number of ether oxygens (including phenoxy) is 1. The number of methoxy groups -OCH3 is 1. The van der Waals surface area contributed by atoms with Gasteiger partial charge in [0.05, 0.1) is 18.5 Å². The Labute approximate surface area is 188 Å². The lowest BCUT2D eigenvalue weighted by Gasteiger charge is -2.36. The summed E-state index contributed by atoms with van der Waals surface area (Å²) in [5.74, 6) is 1.52. The monoisotopic (exact) mass is 433 g/mol. The molecule has 0 bridgehead atoms. The molecule has 3 aromatic rings. The molecule has 2 aliphatic rings. The first kappa shape index (κ1) is 20.7. The van der Waals surface area contributed by atoms with Crippen LogP contribution in [-0.4, -0.2) is 54.7 Å². The van der Waals surface area contributed by atoms with Gasteiger partial charge in [-0.2, -0.15) is 0 Å². The molecule has 166 valence electrons. The Bertz CT molecular complexity index is 1080. The standard InChI is InChI=1S/C25H28FN5O/c1-32-21-6-4-5-19(15-21)17-29-10-9-23-20(18-29)16-27-25(28-23)31-13-11-30(12-14-31)24-8-3-2-7-22(24)26/h2-8,15-16H,9-14,17-18H2,1H3.